The molecule has 0 radical (unpaired) electrons. The maximum atomic E-state index is 12.9. The highest BCUT2D eigenvalue weighted by molar-refractivity contribution is 6.42. The Bertz CT molecular complexity index is 1870. The van der Waals surface area contributed by atoms with Crippen molar-refractivity contribution in [2.45, 2.75) is 13.1 Å². The molecule has 0 saturated carbocycles. The van der Waals surface area contributed by atoms with Crippen molar-refractivity contribution < 1.29 is 9.42 Å². The first-order valence-corrected chi connectivity index (χ1v) is 12.6. The molecule has 0 bridgehead atoms. The van der Waals surface area contributed by atoms with Gasteiger partial charge in [0.15, 0.2) is 17.3 Å². The minimum atomic E-state index is -0.356. The van der Waals surface area contributed by atoms with Crippen LogP contribution in [0.1, 0.15) is 11.1 Å². The number of hydrazone groups is 1. The van der Waals surface area contributed by atoms with Crippen LogP contribution in [-0.2, 0) is 17.9 Å². The summed E-state index contributed by atoms with van der Waals surface area (Å²) in [6, 6.07) is 20.9. The third-order valence-corrected chi connectivity index (χ3v) is 6.97. The largest absolute Gasteiger partial charge is 0.379 e. The second-order valence-corrected chi connectivity index (χ2v) is 9.59. The predicted octanol–water partition coefficient (Wildman–Crippen LogP) is 5.13. The van der Waals surface area contributed by atoms with Gasteiger partial charge in [0.2, 0.25) is 0 Å². The molecule has 12 heteroatoms. The Kier molecular flexibility index (Phi) is 6.47. The molecule has 0 atom stereocenters. The molecule has 1 amide bonds. The summed E-state index contributed by atoms with van der Waals surface area (Å²) >= 11 is 12.3. The van der Waals surface area contributed by atoms with E-state index in [9.17, 15) is 4.79 Å². The topological polar surface area (TPSA) is 129 Å². The van der Waals surface area contributed by atoms with Crippen LogP contribution in [0.2, 0.25) is 10.0 Å². The third-order valence-electron chi connectivity index (χ3n) is 6.23. The summed E-state index contributed by atoms with van der Waals surface area (Å²) in [5.74, 6) is 0.104. The van der Waals surface area contributed by atoms with E-state index in [4.69, 9.17) is 33.6 Å². The fraction of sp³-hybridized carbons (Fsp3) is 0.0741. The van der Waals surface area contributed by atoms with Gasteiger partial charge in [-0.2, -0.15) is 5.10 Å². The number of carbonyl (C=O) groups excluding carboxylic acids is 1. The highest BCUT2D eigenvalue weighted by Crippen LogP contribution is 2.27. The van der Waals surface area contributed by atoms with Gasteiger partial charge >= 0.3 is 0 Å². The molecule has 0 aliphatic heterocycles. The number of carbonyl (C=O) groups is 1. The number of nitrogens with one attached hydrogen (secondary N) is 1. The minimum Gasteiger partial charge on any atom is -0.379 e. The molecular weight excluding hydrogens is 539 g/mol. The summed E-state index contributed by atoms with van der Waals surface area (Å²) in [4.78, 5) is 17.5. The molecule has 0 spiro atoms. The highest BCUT2D eigenvalue weighted by atomic mass is 35.5. The van der Waals surface area contributed by atoms with Crippen molar-refractivity contribution in [1.82, 2.24) is 29.9 Å². The van der Waals surface area contributed by atoms with Gasteiger partial charge in [-0.1, -0.05) is 59.6 Å². The number of hydrogen-bond donors (Lipinski definition) is 2. The zero-order chi connectivity index (χ0) is 26.9. The Balaban J connectivity index is 1.23. The molecule has 0 unspecified atom stereocenters. The van der Waals surface area contributed by atoms with Gasteiger partial charge in [0.1, 0.15) is 6.54 Å². The number of hydrogen-bond acceptors (Lipinski definition) is 7. The normalized spacial score (nSPS) is 11.6. The lowest BCUT2D eigenvalue weighted by Gasteiger charge is -2.07. The average Bonchev–Trinajstić information content (AvgIpc) is 3.62. The average molecular weight is 559 g/mol. The number of halogens is 2. The van der Waals surface area contributed by atoms with Crippen molar-refractivity contribution in [2.24, 2.45) is 5.10 Å². The second-order valence-electron chi connectivity index (χ2n) is 8.78. The zero-order valence-electron chi connectivity index (χ0n) is 20.3. The van der Waals surface area contributed by atoms with Gasteiger partial charge in [-0.25, -0.2) is 15.0 Å². The summed E-state index contributed by atoms with van der Waals surface area (Å²) in [5.41, 5.74) is 13.1. The zero-order valence-corrected chi connectivity index (χ0v) is 21.8. The van der Waals surface area contributed by atoms with Crippen LogP contribution in [0.15, 0.2) is 82.7 Å². The number of benzene rings is 3. The van der Waals surface area contributed by atoms with E-state index in [0.717, 1.165) is 27.5 Å². The molecule has 0 aliphatic rings. The van der Waals surface area contributed by atoms with Crippen molar-refractivity contribution >= 4 is 63.1 Å². The number of para-hydroxylation sites is 3. The van der Waals surface area contributed by atoms with Crippen LogP contribution < -0.4 is 11.2 Å². The lowest BCUT2D eigenvalue weighted by Crippen LogP contribution is -2.23. The number of fused-ring (bicyclic) bond motifs is 2. The molecule has 3 heterocycles. The van der Waals surface area contributed by atoms with Crippen LogP contribution in [-0.4, -0.2) is 36.6 Å². The van der Waals surface area contributed by atoms with Crippen molar-refractivity contribution in [3.8, 4) is 11.5 Å². The first-order chi connectivity index (χ1) is 19.0. The molecule has 0 saturated heterocycles. The van der Waals surface area contributed by atoms with E-state index in [-0.39, 0.29) is 24.0 Å². The summed E-state index contributed by atoms with van der Waals surface area (Å²) < 4.78 is 8.53. The quantitative estimate of drug-likeness (QED) is 0.206. The number of anilines is 1. The van der Waals surface area contributed by atoms with Gasteiger partial charge in [-0.05, 0) is 46.2 Å². The molecule has 0 fully saturated rings. The van der Waals surface area contributed by atoms with E-state index < -0.39 is 0 Å². The Morgan fingerprint density at radius 2 is 1.82 bits per heavy atom. The maximum absolute atomic E-state index is 12.9. The van der Waals surface area contributed by atoms with Crippen LogP contribution in [0, 0.1) is 0 Å². The van der Waals surface area contributed by atoms with E-state index in [2.05, 4.69) is 30.4 Å². The molecule has 3 N–H and O–H groups in total. The van der Waals surface area contributed by atoms with Crippen LogP contribution in [0.25, 0.3) is 33.5 Å². The SMILES string of the molecule is Nc1nonc1-c1nc2ccccc2n1CC(=O)N/N=C/c1cn(Cc2ccc(Cl)c(Cl)c2)c2ccccc12. The lowest BCUT2D eigenvalue weighted by atomic mass is 10.2. The Hall–Kier alpha value is -4.67. The molecule has 6 rings (SSSR count). The first-order valence-electron chi connectivity index (χ1n) is 11.9. The number of rotatable bonds is 7. The first kappa shape index (κ1) is 24.7. The van der Waals surface area contributed by atoms with Crippen LogP contribution in [0.5, 0.6) is 0 Å². The molecule has 3 aromatic heterocycles. The predicted molar refractivity (Wildman–Crippen MR) is 151 cm³/mol. The van der Waals surface area contributed by atoms with E-state index in [1.165, 1.54) is 0 Å². The van der Waals surface area contributed by atoms with E-state index in [1.54, 1.807) is 16.8 Å². The molecule has 0 aliphatic carbocycles. The number of imidazole rings is 1. The van der Waals surface area contributed by atoms with Crippen LogP contribution in [0.3, 0.4) is 0 Å². The number of aromatic nitrogens is 5. The molecule has 6 aromatic rings. The van der Waals surface area contributed by atoms with Gasteiger partial charge in [0.05, 0.1) is 27.3 Å². The maximum Gasteiger partial charge on any atom is 0.260 e. The minimum absolute atomic E-state index is 0.0709. The molecular formula is C27H20Cl2N8O2. The number of nitrogens with zero attached hydrogens (tertiary/aromatic N) is 6. The molecule has 194 valence electrons. The van der Waals surface area contributed by atoms with Crippen molar-refractivity contribution in [2.75, 3.05) is 5.73 Å². The monoisotopic (exact) mass is 558 g/mol. The van der Waals surface area contributed by atoms with E-state index >= 15 is 0 Å². The van der Waals surface area contributed by atoms with Crippen molar-refractivity contribution in [3.63, 3.8) is 0 Å². The molecule has 10 nitrogen and oxygen atoms in total. The summed E-state index contributed by atoms with van der Waals surface area (Å²) in [5, 5.41) is 13.7. The fourth-order valence-corrected chi connectivity index (χ4v) is 4.78. The van der Waals surface area contributed by atoms with E-state index in [0.29, 0.717) is 27.9 Å². The fourth-order valence-electron chi connectivity index (χ4n) is 4.46. The van der Waals surface area contributed by atoms with Gasteiger partial charge in [-0.3, -0.25) is 4.79 Å². The Labute approximate surface area is 231 Å². The van der Waals surface area contributed by atoms with Crippen LogP contribution in [0.4, 0.5) is 5.82 Å². The second kappa shape index (κ2) is 10.2. The number of amides is 1. The molecule has 3 aromatic carbocycles. The third kappa shape index (κ3) is 4.83. The summed E-state index contributed by atoms with van der Waals surface area (Å²) in [6.45, 7) is 0.521. The number of nitrogen functional groups attached to an aromatic ring is 1. The highest BCUT2D eigenvalue weighted by Gasteiger charge is 2.20. The van der Waals surface area contributed by atoms with Crippen molar-refractivity contribution in [3.05, 3.63) is 94.1 Å². The Morgan fingerprint density at radius 1 is 1.03 bits per heavy atom. The van der Waals surface area contributed by atoms with Gasteiger partial charge in [0, 0.05) is 29.2 Å². The standard InChI is InChI=1S/C27H20Cl2N8O2/c28-19-10-9-16(11-20(19)29)13-36-14-17(18-5-1-3-7-22(18)36)12-31-33-24(38)15-37-23-8-4-2-6-21(23)32-27(37)25-26(30)35-39-34-25/h1-12,14H,13,15H2,(H2,30,35)(H,33,38)/b31-12+. The van der Waals surface area contributed by atoms with Gasteiger partial charge in [0.25, 0.3) is 5.91 Å². The molecule has 39 heavy (non-hydrogen) atoms. The smallest absolute Gasteiger partial charge is 0.260 e. The van der Waals surface area contributed by atoms with Crippen molar-refractivity contribution in [1.29, 1.82) is 0 Å². The van der Waals surface area contributed by atoms with Gasteiger partial charge < -0.3 is 14.9 Å². The Morgan fingerprint density at radius 3 is 2.62 bits per heavy atom. The van der Waals surface area contributed by atoms with Crippen LogP contribution >= 0.6 is 23.2 Å². The van der Waals surface area contributed by atoms with E-state index in [1.807, 2.05) is 66.9 Å². The van der Waals surface area contributed by atoms with Gasteiger partial charge in [-0.15, -0.1) is 0 Å². The lowest BCUT2D eigenvalue weighted by molar-refractivity contribution is -0.121. The summed E-state index contributed by atoms with van der Waals surface area (Å²) in [6.07, 6.45) is 3.60. The summed E-state index contributed by atoms with van der Waals surface area (Å²) in [7, 11) is 0. The number of nitrogens with two attached hydrogens (primary N) is 1.